The number of hydrogen-bond acceptors (Lipinski definition) is 4. The van der Waals surface area contributed by atoms with Crippen LogP contribution in [0.25, 0.3) is 0 Å². The van der Waals surface area contributed by atoms with Crippen molar-refractivity contribution in [3.8, 4) is 0 Å². The lowest BCUT2D eigenvalue weighted by Crippen LogP contribution is -2.35. The van der Waals surface area contributed by atoms with E-state index in [2.05, 4.69) is 4.98 Å². The van der Waals surface area contributed by atoms with Crippen LogP contribution in [0.3, 0.4) is 0 Å². The Morgan fingerprint density at radius 1 is 1.30 bits per heavy atom. The van der Waals surface area contributed by atoms with Gasteiger partial charge in [-0.15, -0.1) is 0 Å². The highest BCUT2D eigenvalue weighted by Gasteiger charge is 2.14. The lowest BCUT2D eigenvalue weighted by molar-refractivity contribution is -0.384. The van der Waals surface area contributed by atoms with Crippen LogP contribution in [0.1, 0.15) is 5.56 Å². The lowest BCUT2D eigenvalue weighted by Gasteiger charge is -2.20. The molecule has 0 saturated carbocycles. The second-order valence-electron chi connectivity index (χ2n) is 4.06. The van der Waals surface area contributed by atoms with E-state index in [1.807, 2.05) is 6.07 Å². The summed E-state index contributed by atoms with van der Waals surface area (Å²) in [4.78, 5) is 26.9. The van der Waals surface area contributed by atoms with Crippen LogP contribution in [0.5, 0.6) is 0 Å². The van der Waals surface area contributed by atoms with Crippen LogP contribution in [0.2, 0.25) is 0 Å². The number of pyridine rings is 1. The predicted molar refractivity (Wildman–Crippen MR) is 73.1 cm³/mol. The molecule has 0 aliphatic heterocycles. The fourth-order valence-corrected chi connectivity index (χ4v) is 1.72. The molecule has 0 radical (unpaired) electrons. The number of carbonyl (C=O) groups is 1. The summed E-state index contributed by atoms with van der Waals surface area (Å²) < 4.78 is 0. The van der Waals surface area contributed by atoms with Gasteiger partial charge in [0.15, 0.2) is 0 Å². The van der Waals surface area contributed by atoms with Gasteiger partial charge in [-0.2, -0.15) is 0 Å². The Hall–Kier alpha value is -2.96. The number of aromatic nitrogens is 1. The molecule has 0 fully saturated rings. The molecule has 2 rings (SSSR count). The van der Waals surface area contributed by atoms with Gasteiger partial charge in [-0.1, -0.05) is 6.07 Å². The Morgan fingerprint density at radius 3 is 2.50 bits per heavy atom. The zero-order valence-electron chi connectivity index (χ0n) is 10.5. The number of nitrogens with zero attached hydrogens (tertiary/aromatic N) is 3. The highest BCUT2D eigenvalue weighted by Crippen LogP contribution is 2.20. The molecule has 1 aromatic heterocycles. The number of benzene rings is 1. The van der Waals surface area contributed by atoms with Crippen LogP contribution in [-0.2, 0) is 6.54 Å². The Kier molecular flexibility index (Phi) is 3.90. The molecule has 0 saturated heterocycles. The standard InChI is InChI=1S/C13H12N4O3/c14-13(18)16(9-10-2-1-7-15-8-10)11-3-5-12(6-4-11)17(19)20/h1-8H,9H2,(H2,14,18). The second kappa shape index (κ2) is 5.79. The molecule has 7 nitrogen and oxygen atoms in total. The number of amides is 2. The van der Waals surface area contributed by atoms with E-state index in [1.54, 1.807) is 18.5 Å². The lowest BCUT2D eigenvalue weighted by atomic mass is 10.2. The van der Waals surface area contributed by atoms with Gasteiger partial charge < -0.3 is 5.73 Å². The molecule has 0 aliphatic carbocycles. The molecule has 0 aliphatic rings. The van der Waals surface area contributed by atoms with Crippen molar-refractivity contribution in [2.45, 2.75) is 6.54 Å². The van der Waals surface area contributed by atoms with Crippen molar-refractivity contribution in [1.29, 1.82) is 0 Å². The van der Waals surface area contributed by atoms with Gasteiger partial charge in [0.25, 0.3) is 5.69 Å². The average molecular weight is 272 g/mol. The largest absolute Gasteiger partial charge is 0.351 e. The summed E-state index contributed by atoms with van der Waals surface area (Å²) in [5.74, 6) is 0. The van der Waals surface area contributed by atoms with E-state index < -0.39 is 11.0 Å². The fourth-order valence-electron chi connectivity index (χ4n) is 1.72. The molecule has 0 unspecified atom stereocenters. The number of nitro groups is 1. The molecule has 0 bridgehead atoms. The minimum Gasteiger partial charge on any atom is -0.351 e. The van der Waals surface area contributed by atoms with Crippen LogP contribution in [-0.4, -0.2) is 15.9 Å². The first kappa shape index (κ1) is 13.5. The summed E-state index contributed by atoms with van der Waals surface area (Å²) in [5.41, 5.74) is 6.61. The maximum Gasteiger partial charge on any atom is 0.319 e. The maximum atomic E-state index is 11.5. The number of carbonyl (C=O) groups excluding carboxylic acids is 1. The van der Waals surface area contributed by atoms with Crippen molar-refractivity contribution >= 4 is 17.4 Å². The summed E-state index contributed by atoms with van der Waals surface area (Å²) in [7, 11) is 0. The predicted octanol–water partition coefficient (Wildman–Crippen LogP) is 2.08. The number of anilines is 1. The number of hydrogen-bond donors (Lipinski definition) is 1. The number of urea groups is 1. The van der Waals surface area contributed by atoms with Crippen LogP contribution >= 0.6 is 0 Å². The Bertz CT molecular complexity index is 613. The minimum atomic E-state index is -0.636. The van der Waals surface area contributed by atoms with Gasteiger partial charge >= 0.3 is 6.03 Å². The van der Waals surface area contributed by atoms with E-state index in [9.17, 15) is 14.9 Å². The Labute approximate surface area is 114 Å². The second-order valence-corrected chi connectivity index (χ2v) is 4.06. The van der Waals surface area contributed by atoms with Gasteiger partial charge in [0.1, 0.15) is 0 Å². The molecular formula is C13H12N4O3. The Balaban J connectivity index is 2.25. The fraction of sp³-hybridized carbons (Fsp3) is 0.0769. The third-order valence-electron chi connectivity index (χ3n) is 2.70. The van der Waals surface area contributed by atoms with Gasteiger partial charge in [0, 0.05) is 30.2 Å². The number of non-ortho nitro benzene ring substituents is 1. The zero-order valence-corrected chi connectivity index (χ0v) is 10.5. The van der Waals surface area contributed by atoms with Crippen molar-refractivity contribution in [3.05, 3.63) is 64.5 Å². The summed E-state index contributed by atoms with van der Waals surface area (Å²) in [6.07, 6.45) is 3.26. The number of primary amides is 1. The molecular weight excluding hydrogens is 260 g/mol. The quantitative estimate of drug-likeness (QED) is 0.679. The summed E-state index contributed by atoms with van der Waals surface area (Å²) >= 11 is 0. The third-order valence-corrected chi connectivity index (χ3v) is 2.70. The highest BCUT2D eigenvalue weighted by atomic mass is 16.6. The zero-order chi connectivity index (χ0) is 14.5. The topological polar surface area (TPSA) is 102 Å². The molecule has 0 spiro atoms. The van der Waals surface area contributed by atoms with Crippen molar-refractivity contribution in [1.82, 2.24) is 4.98 Å². The van der Waals surface area contributed by atoms with Crippen LogP contribution in [0.15, 0.2) is 48.8 Å². The molecule has 0 atom stereocenters. The van der Waals surface area contributed by atoms with Crippen LogP contribution in [0, 0.1) is 10.1 Å². The molecule has 2 N–H and O–H groups in total. The number of nitrogens with two attached hydrogens (primary N) is 1. The minimum absolute atomic E-state index is 0.0421. The monoisotopic (exact) mass is 272 g/mol. The van der Waals surface area contributed by atoms with E-state index in [-0.39, 0.29) is 12.2 Å². The molecule has 20 heavy (non-hydrogen) atoms. The first-order valence-corrected chi connectivity index (χ1v) is 5.78. The van der Waals surface area contributed by atoms with E-state index in [0.29, 0.717) is 5.69 Å². The van der Waals surface area contributed by atoms with E-state index in [0.717, 1.165) is 5.56 Å². The Morgan fingerprint density at radius 2 is 2.00 bits per heavy atom. The SMILES string of the molecule is NC(=O)N(Cc1cccnc1)c1ccc([N+](=O)[O-])cc1. The summed E-state index contributed by atoms with van der Waals surface area (Å²) in [5, 5.41) is 10.6. The maximum absolute atomic E-state index is 11.5. The van der Waals surface area contributed by atoms with E-state index in [4.69, 9.17) is 5.73 Å². The highest BCUT2D eigenvalue weighted by molar-refractivity contribution is 5.90. The van der Waals surface area contributed by atoms with Gasteiger partial charge in [0.2, 0.25) is 0 Å². The first-order chi connectivity index (χ1) is 9.58. The third kappa shape index (κ3) is 3.08. The van der Waals surface area contributed by atoms with Crippen molar-refractivity contribution in [2.24, 2.45) is 5.73 Å². The van der Waals surface area contributed by atoms with E-state index >= 15 is 0 Å². The smallest absolute Gasteiger partial charge is 0.319 e. The molecule has 2 aromatic rings. The van der Waals surface area contributed by atoms with Gasteiger partial charge in [-0.05, 0) is 23.8 Å². The average Bonchev–Trinajstić information content (AvgIpc) is 2.45. The normalized spacial score (nSPS) is 10.0. The van der Waals surface area contributed by atoms with Crippen molar-refractivity contribution in [3.63, 3.8) is 0 Å². The molecule has 7 heteroatoms. The number of rotatable bonds is 4. The van der Waals surface area contributed by atoms with Crippen LogP contribution < -0.4 is 10.6 Å². The van der Waals surface area contributed by atoms with Crippen molar-refractivity contribution in [2.75, 3.05) is 4.90 Å². The van der Waals surface area contributed by atoms with Gasteiger partial charge in [-0.25, -0.2) is 4.79 Å². The summed E-state index contributed by atoms with van der Waals surface area (Å²) in [6, 6.07) is 8.56. The van der Waals surface area contributed by atoms with Gasteiger partial charge in [0.05, 0.1) is 11.5 Å². The molecule has 2 amide bonds. The van der Waals surface area contributed by atoms with E-state index in [1.165, 1.54) is 29.2 Å². The summed E-state index contributed by atoms with van der Waals surface area (Å²) in [6.45, 7) is 0.251. The van der Waals surface area contributed by atoms with Crippen molar-refractivity contribution < 1.29 is 9.72 Å². The molecule has 1 aromatic carbocycles. The number of nitro benzene ring substituents is 1. The van der Waals surface area contributed by atoms with Gasteiger partial charge in [-0.3, -0.25) is 20.0 Å². The molecule has 102 valence electrons. The van der Waals surface area contributed by atoms with Crippen LogP contribution in [0.4, 0.5) is 16.2 Å². The first-order valence-electron chi connectivity index (χ1n) is 5.78. The molecule has 1 heterocycles.